The number of nitriles is 1. The van der Waals surface area contributed by atoms with Crippen LogP contribution < -0.4 is 5.73 Å². The van der Waals surface area contributed by atoms with Crippen molar-refractivity contribution in [2.45, 2.75) is 20.4 Å². The van der Waals surface area contributed by atoms with E-state index in [0.717, 1.165) is 30.2 Å². The average molecular weight is 252 g/mol. The van der Waals surface area contributed by atoms with Crippen LogP contribution >= 0.6 is 11.6 Å². The number of hydrogen-bond acceptors (Lipinski definition) is 3. The molecule has 4 heteroatoms. The molecule has 0 heterocycles. The highest BCUT2D eigenvalue weighted by atomic mass is 35.5. The molecule has 1 unspecified atom stereocenters. The number of nitrogen functional groups attached to an aromatic ring is 1. The Morgan fingerprint density at radius 3 is 2.82 bits per heavy atom. The number of anilines is 1. The molecule has 0 bridgehead atoms. The summed E-state index contributed by atoms with van der Waals surface area (Å²) in [5, 5.41) is 9.55. The first kappa shape index (κ1) is 13.8. The van der Waals surface area contributed by atoms with Crippen LogP contribution in [0.4, 0.5) is 5.69 Å². The summed E-state index contributed by atoms with van der Waals surface area (Å²) in [6, 6.07) is 7.74. The number of rotatable bonds is 5. The summed E-state index contributed by atoms with van der Waals surface area (Å²) in [7, 11) is 0. The van der Waals surface area contributed by atoms with E-state index >= 15 is 0 Å². The van der Waals surface area contributed by atoms with Crippen molar-refractivity contribution in [2.24, 2.45) is 5.92 Å². The summed E-state index contributed by atoms with van der Waals surface area (Å²) in [6.45, 7) is 6.36. The molecule has 0 aliphatic heterocycles. The lowest BCUT2D eigenvalue weighted by molar-refractivity contribution is 0.260. The first-order valence-corrected chi connectivity index (χ1v) is 6.10. The number of hydrogen-bond donors (Lipinski definition) is 1. The second-order valence-corrected chi connectivity index (χ2v) is 4.62. The molecule has 0 aliphatic rings. The standard InChI is InChI=1S/C13H18ClN3/c1-3-17(8-10(2)7-15)9-11-6-12(16)4-5-13(11)14/h4-6,10H,3,8-9,16H2,1-2H3. The average Bonchev–Trinajstić information content (AvgIpc) is 2.32. The molecule has 0 saturated carbocycles. The third-order valence-electron chi connectivity index (χ3n) is 2.66. The molecule has 17 heavy (non-hydrogen) atoms. The van der Waals surface area contributed by atoms with Crippen LogP contribution in [0.3, 0.4) is 0 Å². The van der Waals surface area contributed by atoms with Crippen LogP contribution in [0.2, 0.25) is 5.02 Å². The van der Waals surface area contributed by atoms with Crippen LogP contribution in [-0.4, -0.2) is 18.0 Å². The number of benzene rings is 1. The minimum atomic E-state index is 0.0229. The van der Waals surface area contributed by atoms with Gasteiger partial charge in [-0.25, -0.2) is 0 Å². The van der Waals surface area contributed by atoms with E-state index < -0.39 is 0 Å². The Labute approximate surface area is 108 Å². The zero-order valence-corrected chi connectivity index (χ0v) is 11.0. The second-order valence-electron chi connectivity index (χ2n) is 4.21. The van der Waals surface area contributed by atoms with Gasteiger partial charge in [0.05, 0.1) is 12.0 Å². The molecule has 1 aromatic rings. The van der Waals surface area contributed by atoms with Gasteiger partial charge >= 0.3 is 0 Å². The first-order valence-electron chi connectivity index (χ1n) is 5.72. The van der Waals surface area contributed by atoms with E-state index in [9.17, 15) is 0 Å². The van der Waals surface area contributed by atoms with Gasteiger partial charge in [0.25, 0.3) is 0 Å². The Kier molecular flexibility index (Phi) is 5.27. The van der Waals surface area contributed by atoms with E-state index in [-0.39, 0.29) is 5.92 Å². The SMILES string of the molecule is CCN(Cc1cc(N)ccc1Cl)CC(C)C#N. The highest BCUT2D eigenvalue weighted by Gasteiger charge is 2.10. The van der Waals surface area contributed by atoms with E-state index in [1.165, 1.54) is 0 Å². The van der Waals surface area contributed by atoms with Crippen molar-refractivity contribution < 1.29 is 0 Å². The highest BCUT2D eigenvalue weighted by Crippen LogP contribution is 2.20. The molecule has 1 aromatic carbocycles. The molecule has 0 amide bonds. The number of nitrogens with zero attached hydrogens (tertiary/aromatic N) is 2. The molecule has 1 atom stereocenters. The predicted octanol–water partition coefficient (Wildman–Crippen LogP) is 2.90. The first-order chi connectivity index (χ1) is 8.06. The van der Waals surface area contributed by atoms with Gasteiger partial charge in [-0.3, -0.25) is 4.90 Å². The molecule has 92 valence electrons. The maximum Gasteiger partial charge on any atom is 0.0666 e. The van der Waals surface area contributed by atoms with Crippen LogP contribution in [-0.2, 0) is 6.54 Å². The maximum absolute atomic E-state index is 8.82. The number of halogens is 1. The lowest BCUT2D eigenvalue weighted by Crippen LogP contribution is -2.27. The minimum Gasteiger partial charge on any atom is -0.399 e. The molecule has 0 spiro atoms. The third kappa shape index (κ3) is 4.26. The second kappa shape index (κ2) is 6.48. The van der Waals surface area contributed by atoms with Crippen molar-refractivity contribution in [3.8, 4) is 6.07 Å². The van der Waals surface area contributed by atoms with Crippen molar-refractivity contribution in [1.82, 2.24) is 4.90 Å². The fourth-order valence-corrected chi connectivity index (χ4v) is 1.87. The fraction of sp³-hybridized carbons (Fsp3) is 0.462. The summed E-state index contributed by atoms with van der Waals surface area (Å²) in [4.78, 5) is 2.19. The van der Waals surface area contributed by atoms with Crippen LogP contribution in [0.5, 0.6) is 0 Å². The Bertz CT molecular complexity index is 412. The molecule has 2 N–H and O–H groups in total. The monoisotopic (exact) mass is 251 g/mol. The van der Waals surface area contributed by atoms with Crippen molar-refractivity contribution >= 4 is 17.3 Å². The molecule has 1 rings (SSSR count). The topological polar surface area (TPSA) is 53.0 Å². The zero-order valence-electron chi connectivity index (χ0n) is 10.3. The summed E-state index contributed by atoms with van der Waals surface area (Å²) in [5.41, 5.74) is 7.47. The van der Waals surface area contributed by atoms with E-state index in [1.807, 2.05) is 19.1 Å². The van der Waals surface area contributed by atoms with Gasteiger partial charge in [0.1, 0.15) is 0 Å². The smallest absolute Gasteiger partial charge is 0.0666 e. The summed E-state index contributed by atoms with van der Waals surface area (Å²) >= 11 is 6.12. The minimum absolute atomic E-state index is 0.0229. The molecule has 0 fully saturated rings. The van der Waals surface area contributed by atoms with E-state index in [1.54, 1.807) is 6.07 Å². The lowest BCUT2D eigenvalue weighted by atomic mass is 10.1. The zero-order chi connectivity index (χ0) is 12.8. The maximum atomic E-state index is 8.82. The highest BCUT2D eigenvalue weighted by molar-refractivity contribution is 6.31. The van der Waals surface area contributed by atoms with Crippen LogP contribution in [0.25, 0.3) is 0 Å². The molecule has 0 radical (unpaired) electrons. The Morgan fingerprint density at radius 1 is 1.53 bits per heavy atom. The van der Waals surface area contributed by atoms with Crippen molar-refractivity contribution in [3.05, 3.63) is 28.8 Å². The van der Waals surface area contributed by atoms with Crippen molar-refractivity contribution in [2.75, 3.05) is 18.8 Å². The Balaban J connectivity index is 2.74. The predicted molar refractivity (Wildman–Crippen MR) is 71.6 cm³/mol. The molecule has 3 nitrogen and oxygen atoms in total. The quantitative estimate of drug-likeness (QED) is 0.819. The van der Waals surface area contributed by atoms with Crippen LogP contribution in [0.1, 0.15) is 19.4 Å². The van der Waals surface area contributed by atoms with E-state index in [0.29, 0.717) is 5.69 Å². The van der Waals surface area contributed by atoms with Crippen molar-refractivity contribution in [3.63, 3.8) is 0 Å². The molecule has 0 saturated heterocycles. The van der Waals surface area contributed by atoms with Crippen LogP contribution in [0.15, 0.2) is 18.2 Å². The van der Waals surface area contributed by atoms with Gasteiger partial charge in [-0.15, -0.1) is 0 Å². The number of nitrogens with two attached hydrogens (primary N) is 1. The van der Waals surface area contributed by atoms with Gasteiger partial charge in [-0.1, -0.05) is 18.5 Å². The normalized spacial score (nSPS) is 12.4. The third-order valence-corrected chi connectivity index (χ3v) is 3.03. The Hall–Kier alpha value is -1.24. The van der Waals surface area contributed by atoms with Gasteiger partial charge in [-0.2, -0.15) is 5.26 Å². The van der Waals surface area contributed by atoms with E-state index in [4.69, 9.17) is 22.6 Å². The fourth-order valence-electron chi connectivity index (χ4n) is 1.69. The molecular formula is C13H18ClN3. The largest absolute Gasteiger partial charge is 0.399 e. The van der Waals surface area contributed by atoms with Gasteiger partial charge in [0.2, 0.25) is 0 Å². The molecule has 0 aromatic heterocycles. The Morgan fingerprint density at radius 2 is 2.24 bits per heavy atom. The van der Waals surface area contributed by atoms with Gasteiger partial charge < -0.3 is 5.73 Å². The van der Waals surface area contributed by atoms with Crippen LogP contribution in [0, 0.1) is 17.2 Å². The summed E-state index contributed by atoms with van der Waals surface area (Å²) in [6.07, 6.45) is 0. The van der Waals surface area contributed by atoms with Crippen molar-refractivity contribution in [1.29, 1.82) is 5.26 Å². The summed E-state index contributed by atoms with van der Waals surface area (Å²) < 4.78 is 0. The molecule has 0 aliphatic carbocycles. The molecular weight excluding hydrogens is 234 g/mol. The van der Waals surface area contributed by atoms with E-state index in [2.05, 4.69) is 17.9 Å². The lowest BCUT2D eigenvalue weighted by Gasteiger charge is -2.22. The summed E-state index contributed by atoms with van der Waals surface area (Å²) in [5.74, 6) is 0.0229. The van der Waals surface area contributed by atoms with Gasteiger partial charge in [0.15, 0.2) is 0 Å². The van der Waals surface area contributed by atoms with Gasteiger partial charge in [-0.05, 0) is 37.2 Å². The van der Waals surface area contributed by atoms with Gasteiger partial charge in [0, 0.05) is 23.8 Å².